The number of rotatable bonds is 6. The summed E-state index contributed by atoms with van der Waals surface area (Å²) >= 11 is 7.38. The molecule has 3 rings (SSSR count). The van der Waals surface area contributed by atoms with E-state index < -0.39 is 0 Å². The van der Waals surface area contributed by atoms with Crippen LogP contribution < -0.4 is 5.32 Å². The van der Waals surface area contributed by atoms with Crippen LogP contribution in [0.3, 0.4) is 0 Å². The number of nitrogens with zero attached hydrogens (tertiary/aromatic N) is 2. The number of aromatic nitrogens is 1. The standard InChI is InChI=1S/C20H22ClN3O3S/c1-2-27-18(25)8-7-17-13-28-20(23-17)22-16-9-11-24(12-10-16)19(26)14-3-5-15(21)6-4-14/h3-8,13,16H,2,9-12H2,1H3,(H,22,23)/b8-7+. The molecule has 1 amide bonds. The number of anilines is 1. The van der Waals surface area contributed by atoms with E-state index in [1.807, 2.05) is 10.3 Å². The molecule has 2 aromatic rings. The zero-order valence-electron chi connectivity index (χ0n) is 15.6. The Hall–Kier alpha value is -2.38. The van der Waals surface area contributed by atoms with Gasteiger partial charge in [0.15, 0.2) is 5.13 Å². The lowest BCUT2D eigenvalue weighted by Crippen LogP contribution is -2.42. The number of carbonyl (C=O) groups is 2. The van der Waals surface area contributed by atoms with Crippen molar-refractivity contribution in [2.24, 2.45) is 0 Å². The van der Waals surface area contributed by atoms with Gasteiger partial charge in [0.1, 0.15) is 0 Å². The minimum absolute atomic E-state index is 0.0377. The minimum Gasteiger partial charge on any atom is -0.463 e. The maximum Gasteiger partial charge on any atom is 0.330 e. The molecule has 0 bridgehead atoms. The van der Waals surface area contributed by atoms with Crippen LogP contribution in [0.5, 0.6) is 0 Å². The molecule has 1 saturated heterocycles. The van der Waals surface area contributed by atoms with Crippen LogP contribution in [0.25, 0.3) is 6.08 Å². The molecular formula is C20H22ClN3O3S. The van der Waals surface area contributed by atoms with Gasteiger partial charge in [-0.05, 0) is 50.1 Å². The first-order chi connectivity index (χ1) is 13.5. The van der Waals surface area contributed by atoms with Crippen molar-refractivity contribution >= 4 is 46.0 Å². The Morgan fingerprint density at radius 3 is 2.71 bits per heavy atom. The molecule has 1 N–H and O–H groups in total. The number of esters is 1. The van der Waals surface area contributed by atoms with E-state index in [0.29, 0.717) is 30.3 Å². The molecule has 0 atom stereocenters. The molecule has 1 aliphatic rings. The van der Waals surface area contributed by atoms with Gasteiger partial charge in [-0.25, -0.2) is 9.78 Å². The predicted octanol–water partition coefficient (Wildman–Crippen LogP) is 4.09. The highest BCUT2D eigenvalue weighted by molar-refractivity contribution is 7.13. The first-order valence-electron chi connectivity index (χ1n) is 9.17. The smallest absolute Gasteiger partial charge is 0.330 e. The Balaban J connectivity index is 1.48. The van der Waals surface area contributed by atoms with Crippen molar-refractivity contribution < 1.29 is 14.3 Å². The van der Waals surface area contributed by atoms with Gasteiger partial charge in [0.05, 0.1) is 12.3 Å². The fourth-order valence-electron chi connectivity index (χ4n) is 2.95. The SMILES string of the molecule is CCOC(=O)/C=C/c1csc(NC2CCN(C(=O)c3ccc(Cl)cc3)CC2)n1. The van der Waals surface area contributed by atoms with Crippen LogP contribution in [0.2, 0.25) is 5.02 Å². The molecule has 1 aromatic heterocycles. The van der Waals surface area contributed by atoms with Crippen molar-refractivity contribution in [1.29, 1.82) is 0 Å². The van der Waals surface area contributed by atoms with Gasteiger partial charge < -0.3 is 15.0 Å². The molecule has 0 aliphatic carbocycles. The van der Waals surface area contributed by atoms with Gasteiger partial charge in [-0.1, -0.05) is 11.6 Å². The van der Waals surface area contributed by atoms with Crippen LogP contribution in [0.15, 0.2) is 35.7 Å². The summed E-state index contributed by atoms with van der Waals surface area (Å²) in [5.41, 5.74) is 1.38. The van der Waals surface area contributed by atoms with Crippen LogP contribution in [0, 0.1) is 0 Å². The molecule has 6 nitrogen and oxygen atoms in total. The third-order valence-corrected chi connectivity index (χ3v) is 5.44. The summed E-state index contributed by atoms with van der Waals surface area (Å²) in [5.74, 6) is -0.335. The summed E-state index contributed by atoms with van der Waals surface area (Å²) in [6, 6.07) is 7.26. The van der Waals surface area contributed by atoms with E-state index in [2.05, 4.69) is 10.3 Å². The van der Waals surface area contributed by atoms with Gasteiger partial charge in [-0.3, -0.25) is 4.79 Å². The third-order valence-electron chi connectivity index (χ3n) is 4.40. The second-order valence-corrected chi connectivity index (χ2v) is 7.68. The van der Waals surface area contributed by atoms with E-state index in [0.717, 1.165) is 23.7 Å². The summed E-state index contributed by atoms with van der Waals surface area (Å²) in [7, 11) is 0. The molecule has 28 heavy (non-hydrogen) atoms. The molecule has 1 fully saturated rings. The summed E-state index contributed by atoms with van der Waals surface area (Å²) in [5, 5.41) is 6.74. The zero-order chi connectivity index (χ0) is 19.9. The molecule has 8 heteroatoms. The molecule has 1 aromatic carbocycles. The van der Waals surface area contributed by atoms with Gasteiger partial charge >= 0.3 is 5.97 Å². The molecule has 0 saturated carbocycles. The number of thiazole rings is 1. The molecular weight excluding hydrogens is 398 g/mol. The summed E-state index contributed by atoms with van der Waals surface area (Å²) < 4.78 is 4.85. The second kappa shape index (κ2) is 9.71. The Morgan fingerprint density at radius 1 is 1.32 bits per heavy atom. The highest BCUT2D eigenvalue weighted by Crippen LogP contribution is 2.22. The zero-order valence-corrected chi connectivity index (χ0v) is 17.1. The summed E-state index contributed by atoms with van der Waals surface area (Å²) in [6.07, 6.45) is 4.73. The second-order valence-electron chi connectivity index (χ2n) is 6.38. The Labute approximate surface area is 173 Å². The topological polar surface area (TPSA) is 71.5 Å². The van der Waals surface area contributed by atoms with E-state index in [1.165, 1.54) is 17.4 Å². The number of hydrogen-bond acceptors (Lipinski definition) is 6. The normalized spacial score (nSPS) is 15.0. The molecule has 0 unspecified atom stereocenters. The largest absolute Gasteiger partial charge is 0.463 e. The average molecular weight is 420 g/mol. The number of carbonyl (C=O) groups excluding carboxylic acids is 2. The maximum atomic E-state index is 12.6. The first kappa shape index (κ1) is 20.4. The Bertz CT molecular complexity index is 843. The number of amides is 1. The number of piperidine rings is 1. The van der Waals surface area contributed by atoms with Gasteiger partial charge in [0.25, 0.3) is 5.91 Å². The van der Waals surface area contributed by atoms with Gasteiger partial charge in [-0.15, -0.1) is 11.3 Å². The molecule has 0 radical (unpaired) electrons. The van der Waals surface area contributed by atoms with Crippen LogP contribution in [-0.2, 0) is 9.53 Å². The van der Waals surface area contributed by atoms with Gasteiger partial charge in [0, 0.05) is 41.2 Å². The quantitative estimate of drug-likeness (QED) is 0.564. The van der Waals surface area contributed by atoms with E-state index in [1.54, 1.807) is 37.3 Å². The van der Waals surface area contributed by atoms with Crippen molar-refractivity contribution in [3.05, 3.63) is 52.0 Å². The van der Waals surface area contributed by atoms with Crippen molar-refractivity contribution in [3.63, 3.8) is 0 Å². The molecule has 1 aliphatic heterocycles. The third kappa shape index (κ3) is 5.56. The monoisotopic (exact) mass is 419 g/mol. The van der Waals surface area contributed by atoms with E-state index >= 15 is 0 Å². The van der Waals surface area contributed by atoms with Crippen molar-refractivity contribution in [1.82, 2.24) is 9.88 Å². The van der Waals surface area contributed by atoms with Gasteiger partial charge in [0.2, 0.25) is 0 Å². The van der Waals surface area contributed by atoms with Crippen LogP contribution in [0.1, 0.15) is 35.8 Å². The maximum absolute atomic E-state index is 12.6. The Kier molecular flexibility index (Phi) is 7.06. The fraction of sp³-hybridized carbons (Fsp3) is 0.350. The number of ether oxygens (including phenoxy) is 1. The number of halogens is 1. The summed E-state index contributed by atoms with van der Waals surface area (Å²) in [6.45, 7) is 3.51. The minimum atomic E-state index is -0.372. The predicted molar refractivity (Wildman–Crippen MR) is 112 cm³/mol. The molecule has 2 heterocycles. The van der Waals surface area contributed by atoms with Crippen molar-refractivity contribution in [3.8, 4) is 0 Å². The van der Waals surface area contributed by atoms with E-state index in [-0.39, 0.29) is 17.9 Å². The molecule has 0 spiro atoms. The van der Waals surface area contributed by atoms with Crippen LogP contribution in [0.4, 0.5) is 5.13 Å². The van der Waals surface area contributed by atoms with Crippen molar-refractivity contribution in [2.75, 3.05) is 25.0 Å². The van der Waals surface area contributed by atoms with Crippen LogP contribution >= 0.6 is 22.9 Å². The summed E-state index contributed by atoms with van der Waals surface area (Å²) in [4.78, 5) is 30.3. The van der Waals surface area contributed by atoms with Crippen molar-refractivity contribution in [2.45, 2.75) is 25.8 Å². The highest BCUT2D eigenvalue weighted by Gasteiger charge is 2.24. The van der Waals surface area contributed by atoms with Crippen LogP contribution in [-0.4, -0.2) is 47.5 Å². The van der Waals surface area contributed by atoms with E-state index in [9.17, 15) is 9.59 Å². The number of hydrogen-bond donors (Lipinski definition) is 1. The Morgan fingerprint density at radius 2 is 2.04 bits per heavy atom. The first-order valence-corrected chi connectivity index (χ1v) is 10.4. The average Bonchev–Trinajstić information content (AvgIpc) is 3.15. The lowest BCUT2D eigenvalue weighted by atomic mass is 10.0. The fourth-order valence-corrected chi connectivity index (χ4v) is 3.83. The van der Waals surface area contributed by atoms with Gasteiger partial charge in [-0.2, -0.15) is 0 Å². The lowest BCUT2D eigenvalue weighted by molar-refractivity contribution is -0.137. The number of likely N-dealkylation sites (tertiary alicyclic amines) is 1. The number of nitrogens with one attached hydrogen (secondary N) is 1. The lowest BCUT2D eigenvalue weighted by Gasteiger charge is -2.32. The highest BCUT2D eigenvalue weighted by atomic mass is 35.5. The van der Waals surface area contributed by atoms with E-state index in [4.69, 9.17) is 16.3 Å². The number of benzene rings is 1. The molecule has 148 valence electrons.